The van der Waals surface area contributed by atoms with Crippen LogP contribution in [0.5, 0.6) is 0 Å². The van der Waals surface area contributed by atoms with Crippen LogP contribution in [0.3, 0.4) is 0 Å². The summed E-state index contributed by atoms with van der Waals surface area (Å²) in [4.78, 5) is 12.7. The third-order valence-corrected chi connectivity index (χ3v) is 4.74. The molecule has 0 radical (unpaired) electrons. The Morgan fingerprint density at radius 3 is 2.39 bits per heavy atom. The molecule has 1 saturated carbocycles. The Morgan fingerprint density at radius 1 is 1.17 bits per heavy atom. The number of rotatable bonds is 2. The molecule has 1 aliphatic carbocycles. The van der Waals surface area contributed by atoms with E-state index in [0.717, 1.165) is 19.3 Å². The Morgan fingerprint density at radius 2 is 1.83 bits per heavy atom. The first-order valence-electron chi connectivity index (χ1n) is 6.74. The maximum absolute atomic E-state index is 11.4. The van der Waals surface area contributed by atoms with Gasteiger partial charge in [0, 0.05) is 23.0 Å². The van der Waals surface area contributed by atoms with E-state index in [1.807, 2.05) is 11.8 Å². The highest BCUT2D eigenvalue weighted by Crippen LogP contribution is 2.33. The van der Waals surface area contributed by atoms with Gasteiger partial charge < -0.3 is 0 Å². The number of carbonyl (C=O) groups is 1. The molecule has 0 aliphatic heterocycles. The summed E-state index contributed by atoms with van der Waals surface area (Å²) >= 11 is 1.87. The molecule has 2 heteroatoms. The molecule has 0 N–H and O–H groups in total. The number of hydrogen-bond acceptors (Lipinski definition) is 2. The van der Waals surface area contributed by atoms with Gasteiger partial charge in [0.1, 0.15) is 5.78 Å². The molecule has 0 saturated heterocycles. The van der Waals surface area contributed by atoms with Crippen molar-refractivity contribution in [1.29, 1.82) is 0 Å². The second kappa shape index (κ2) is 5.48. The van der Waals surface area contributed by atoms with Gasteiger partial charge in [-0.1, -0.05) is 32.9 Å². The molecule has 0 unspecified atom stereocenters. The Bertz CT molecular complexity index is 414. The molecule has 0 bridgehead atoms. The molecular formula is C16H22OS. The van der Waals surface area contributed by atoms with Crippen molar-refractivity contribution in [1.82, 2.24) is 0 Å². The van der Waals surface area contributed by atoms with Crippen molar-refractivity contribution < 1.29 is 4.79 Å². The van der Waals surface area contributed by atoms with Gasteiger partial charge in [0.25, 0.3) is 0 Å². The molecule has 98 valence electrons. The normalized spacial score (nSPS) is 21.1. The summed E-state index contributed by atoms with van der Waals surface area (Å²) in [5, 5.41) is 0.492. The first kappa shape index (κ1) is 13.7. The second-order valence-electron chi connectivity index (χ2n) is 6.15. The number of carbonyl (C=O) groups excluding carboxylic acids is 1. The summed E-state index contributed by atoms with van der Waals surface area (Å²) in [5.41, 5.74) is 1.58. The van der Waals surface area contributed by atoms with Crippen LogP contribution in [0.1, 0.15) is 52.0 Å². The third kappa shape index (κ3) is 3.61. The number of Topliss-reactive ketones (excluding diaryl/α,β-unsaturated/α-hetero) is 1. The van der Waals surface area contributed by atoms with Gasteiger partial charge in [0.05, 0.1) is 0 Å². The lowest BCUT2D eigenvalue weighted by molar-refractivity contribution is -0.120. The van der Waals surface area contributed by atoms with Crippen molar-refractivity contribution in [3.63, 3.8) is 0 Å². The molecule has 1 fully saturated rings. The minimum atomic E-state index is 0.212. The summed E-state index contributed by atoms with van der Waals surface area (Å²) in [6, 6.07) is 8.83. The van der Waals surface area contributed by atoms with Crippen LogP contribution in [0.15, 0.2) is 29.2 Å². The van der Waals surface area contributed by atoms with E-state index in [2.05, 4.69) is 45.0 Å². The first-order chi connectivity index (χ1) is 8.45. The summed E-state index contributed by atoms with van der Waals surface area (Å²) in [5.74, 6) is 0.435. The molecule has 1 aromatic carbocycles. The smallest absolute Gasteiger partial charge is 0.134 e. The van der Waals surface area contributed by atoms with Gasteiger partial charge >= 0.3 is 0 Å². The lowest BCUT2D eigenvalue weighted by Gasteiger charge is -2.22. The van der Waals surface area contributed by atoms with Gasteiger partial charge in [-0.2, -0.15) is 0 Å². The van der Waals surface area contributed by atoms with Gasteiger partial charge in [-0.25, -0.2) is 0 Å². The Hall–Kier alpha value is -0.760. The second-order valence-corrected chi connectivity index (χ2v) is 7.52. The highest BCUT2D eigenvalue weighted by molar-refractivity contribution is 8.00. The predicted octanol–water partition coefficient (Wildman–Crippen LogP) is 4.59. The molecular weight excluding hydrogens is 240 g/mol. The lowest BCUT2D eigenvalue weighted by Crippen LogP contribution is -2.16. The zero-order valence-corrected chi connectivity index (χ0v) is 12.3. The van der Waals surface area contributed by atoms with E-state index in [4.69, 9.17) is 0 Å². The molecule has 1 atom stereocenters. The first-order valence-corrected chi connectivity index (χ1v) is 7.62. The zero-order chi connectivity index (χ0) is 13.2. The number of hydrogen-bond donors (Lipinski definition) is 0. The van der Waals surface area contributed by atoms with Crippen molar-refractivity contribution >= 4 is 17.5 Å². The highest BCUT2D eigenvalue weighted by Gasteiger charge is 2.20. The topological polar surface area (TPSA) is 17.1 Å². The fourth-order valence-electron chi connectivity index (χ4n) is 2.31. The standard InChI is InChI=1S/C16H22OS/c1-16(2,3)12-7-9-14(10-8-12)18-15-6-4-5-13(17)11-15/h7-10,15H,4-6,11H2,1-3H3/t15-/m0/s1. The van der Waals surface area contributed by atoms with E-state index < -0.39 is 0 Å². The number of benzene rings is 1. The van der Waals surface area contributed by atoms with Crippen molar-refractivity contribution in [3.8, 4) is 0 Å². The summed E-state index contributed by atoms with van der Waals surface area (Å²) in [7, 11) is 0. The van der Waals surface area contributed by atoms with Gasteiger partial charge in [-0.05, 0) is 36.0 Å². The third-order valence-electron chi connectivity index (χ3n) is 3.46. The lowest BCUT2D eigenvalue weighted by atomic mass is 9.87. The SMILES string of the molecule is CC(C)(C)c1ccc(S[C@H]2CCCC(=O)C2)cc1. The van der Waals surface area contributed by atoms with Crippen LogP contribution in [0.2, 0.25) is 0 Å². The molecule has 1 aromatic rings. The fourth-order valence-corrected chi connectivity index (χ4v) is 3.54. The molecule has 0 spiro atoms. The van der Waals surface area contributed by atoms with Crippen molar-refractivity contribution in [2.45, 2.75) is 62.0 Å². The molecule has 0 aromatic heterocycles. The van der Waals surface area contributed by atoms with E-state index in [9.17, 15) is 4.79 Å². The fraction of sp³-hybridized carbons (Fsp3) is 0.562. The van der Waals surface area contributed by atoms with Crippen LogP contribution in [0.4, 0.5) is 0 Å². The highest BCUT2D eigenvalue weighted by atomic mass is 32.2. The Kier molecular flexibility index (Phi) is 4.16. The average molecular weight is 262 g/mol. The van der Waals surface area contributed by atoms with E-state index in [1.54, 1.807) is 0 Å². The van der Waals surface area contributed by atoms with Crippen molar-refractivity contribution in [2.75, 3.05) is 0 Å². The maximum atomic E-state index is 11.4. The van der Waals surface area contributed by atoms with Gasteiger partial charge in [-0.15, -0.1) is 11.8 Å². The van der Waals surface area contributed by atoms with Crippen LogP contribution in [-0.2, 0) is 10.2 Å². The van der Waals surface area contributed by atoms with Crippen LogP contribution in [0.25, 0.3) is 0 Å². The number of thioether (sulfide) groups is 1. The average Bonchev–Trinajstić information content (AvgIpc) is 2.28. The quantitative estimate of drug-likeness (QED) is 0.775. The van der Waals surface area contributed by atoms with Crippen LogP contribution in [0, 0.1) is 0 Å². The molecule has 0 amide bonds. The Balaban J connectivity index is 2.00. The van der Waals surface area contributed by atoms with E-state index in [-0.39, 0.29) is 5.41 Å². The molecule has 18 heavy (non-hydrogen) atoms. The maximum Gasteiger partial charge on any atom is 0.134 e. The minimum Gasteiger partial charge on any atom is -0.300 e. The Labute approximate surface area is 114 Å². The molecule has 2 rings (SSSR count). The number of ketones is 1. The van der Waals surface area contributed by atoms with Crippen LogP contribution < -0.4 is 0 Å². The zero-order valence-electron chi connectivity index (χ0n) is 11.5. The minimum absolute atomic E-state index is 0.212. The van der Waals surface area contributed by atoms with E-state index in [1.165, 1.54) is 16.9 Å². The van der Waals surface area contributed by atoms with Crippen molar-refractivity contribution in [3.05, 3.63) is 29.8 Å². The molecule has 1 aliphatic rings. The van der Waals surface area contributed by atoms with Gasteiger partial charge in [-0.3, -0.25) is 4.79 Å². The van der Waals surface area contributed by atoms with Gasteiger partial charge in [0.2, 0.25) is 0 Å². The van der Waals surface area contributed by atoms with E-state index >= 15 is 0 Å². The van der Waals surface area contributed by atoms with Crippen molar-refractivity contribution in [2.24, 2.45) is 0 Å². The molecule has 1 nitrogen and oxygen atoms in total. The van der Waals surface area contributed by atoms with Crippen LogP contribution in [-0.4, -0.2) is 11.0 Å². The van der Waals surface area contributed by atoms with E-state index in [0.29, 0.717) is 11.0 Å². The molecule has 0 heterocycles. The summed E-state index contributed by atoms with van der Waals surface area (Å²) in [6.45, 7) is 6.69. The predicted molar refractivity (Wildman–Crippen MR) is 78.3 cm³/mol. The van der Waals surface area contributed by atoms with Gasteiger partial charge in [0.15, 0.2) is 0 Å². The summed E-state index contributed by atoms with van der Waals surface area (Å²) in [6.07, 6.45) is 3.79. The largest absolute Gasteiger partial charge is 0.300 e. The van der Waals surface area contributed by atoms with Crippen LogP contribution >= 0.6 is 11.8 Å². The monoisotopic (exact) mass is 262 g/mol. The summed E-state index contributed by atoms with van der Waals surface area (Å²) < 4.78 is 0.